The van der Waals surface area contributed by atoms with Gasteiger partial charge >= 0.3 is 6.18 Å². The van der Waals surface area contributed by atoms with Gasteiger partial charge < -0.3 is 4.90 Å². The lowest BCUT2D eigenvalue weighted by Gasteiger charge is -2.33. The standard InChI is InChI=1S/C16H18ClF3N4O2S2/c17-13-3-1-12(2-4-13)11-14-21-15(27-22-14)23-6-8-24(9-7-23)28(25,26)10-5-16(18,19)20/h1-4H,5-11H2. The Kier molecular flexibility index (Phi) is 6.47. The molecule has 12 heteroatoms. The molecule has 2 aromatic rings. The van der Waals surface area contributed by atoms with Crippen LogP contribution in [0.4, 0.5) is 18.3 Å². The zero-order valence-electron chi connectivity index (χ0n) is 14.7. The molecule has 0 saturated carbocycles. The molecule has 2 heterocycles. The average Bonchev–Trinajstić information content (AvgIpc) is 3.10. The molecule has 0 aliphatic carbocycles. The van der Waals surface area contributed by atoms with Crippen molar-refractivity contribution in [2.45, 2.75) is 19.0 Å². The molecule has 1 aliphatic rings. The molecule has 6 nitrogen and oxygen atoms in total. The number of benzene rings is 1. The summed E-state index contributed by atoms with van der Waals surface area (Å²) in [6.45, 7) is 0.986. The fourth-order valence-electron chi connectivity index (χ4n) is 2.76. The molecular weight excluding hydrogens is 437 g/mol. The van der Waals surface area contributed by atoms with Gasteiger partial charge in [0.05, 0.1) is 12.2 Å². The molecule has 1 fully saturated rings. The number of aromatic nitrogens is 2. The third-order valence-corrected chi connectivity index (χ3v) is 7.22. The number of anilines is 1. The maximum Gasteiger partial charge on any atom is 0.390 e. The van der Waals surface area contributed by atoms with Crippen LogP contribution in [0, 0.1) is 0 Å². The summed E-state index contributed by atoms with van der Waals surface area (Å²) in [5.41, 5.74) is 1.02. The van der Waals surface area contributed by atoms with Crippen molar-refractivity contribution in [3.05, 3.63) is 40.7 Å². The minimum absolute atomic E-state index is 0.131. The second kappa shape index (κ2) is 8.52. The van der Waals surface area contributed by atoms with E-state index in [9.17, 15) is 21.6 Å². The molecule has 3 rings (SSSR count). The Labute approximate surface area is 170 Å². The second-order valence-electron chi connectivity index (χ2n) is 6.36. The Bertz CT molecular complexity index is 895. The van der Waals surface area contributed by atoms with E-state index in [0.29, 0.717) is 35.5 Å². The van der Waals surface area contributed by atoms with Gasteiger partial charge in [-0.25, -0.2) is 13.4 Å². The van der Waals surface area contributed by atoms with Gasteiger partial charge in [0.1, 0.15) is 5.82 Å². The fraction of sp³-hybridized carbons (Fsp3) is 0.500. The molecular formula is C16H18ClF3N4O2S2. The van der Waals surface area contributed by atoms with Gasteiger partial charge in [-0.15, -0.1) is 0 Å². The van der Waals surface area contributed by atoms with Gasteiger partial charge in [-0.1, -0.05) is 23.7 Å². The number of alkyl halides is 3. The van der Waals surface area contributed by atoms with Gasteiger partial charge in [-0.3, -0.25) is 0 Å². The Morgan fingerprint density at radius 3 is 2.36 bits per heavy atom. The summed E-state index contributed by atoms with van der Waals surface area (Å²) in [4.78, 5) is 6.39. The summed E-state index contributed by atoms with van der Waals surface area (Å²) >= 11 is 7.09. The molecule has 0 bridgehead atoms. The van der Waals surface area contributed by atoms with Crippen molar-refractivity contribution in [1.82, 2.24) is 13.7 Å². The highest BCUT2D eigenvalue weighted by molar-refractivity contribution is 7.89. The van der Waals surface area contributed by atoms with E-state index in [2.05, 4.69) is 9.36 Å². The molecule has 0 spiro atoms. The van der Waals surface area contributed by atoms with E-state index in [0.717, 1.165) is 9.87 Å². The first-order chi connectivity index (χ1) is 13.1. The van der Waals surface area contributed by atoms with Crippen LogP contribution in [-0.2, 0) is 16.4 Å². The van der Waals surface area contributed by atoms with Crippen LogP contribution in [0.15, 0.2) is 24.3 Å². The highest BCUT2D eigenvalue weighted by Crippen LogP contribution is 2.24. The molecule has 1 aromatic heterocycles. The van der Waals surface area contributed by atoms with Gasteiger partial charge in [0.25, 0.3) is 0 Å². The van der Waals surface area contributed by atoms with Crippen molar-refractivity contribution in [2.24, 2.45) is 0 Å². The number of halogens is 4. The molecule has 1 aliphatic heterocycles. The van der Waals surface area contributed by atoms with Crippen molar-refractivity contribution in [1.29, 1.82) is 0 Å². The van der Waals surface area contributed by atoms with Gasteiger partial charge in [0.2, 0.25) is 15.2 Å². The second-order valence-corrected chi connectivity index (χ2v) is 9.62. The first-order valence-corrected chi connectivity index (χ1v) is 11.2. The van der Waals surface area contributed by atoms with Crippen LogP contribution in [0.5, 0.6) is 0 Å². The maximum absolute atomic E-state index is 12.3. The fourth-order valence-corrected chi connectivity index (χ4v) is 5.09. The highest BCUT2D eigenvalue weighted by Gasteiger charge is 2.34. The number of nitrogens with zero attached hydrogens (tertiary/aromatic N) is 4. The van der Waals surface area contributed by atoms with Gasteiger partial charge in [0, 0.05) is 49.2 Å². The topological polar surface area (TPSA) is 66.4 Å². The minimum Gasteiger partial charge on any atom is -0.344 e. The first-order valence-electron chi connectivity index (χ1n) is 8.49. The van der Waals surface area contributed by atoms with E-state index in [1.165, 1.54) is 11.5 Å². The molecule has 0 N–H and O–H groups in total. The summed E-state index contributed by atoms with van der Waals surface area (Å²) < 4.78 is 66.5. The van der Waals surface area contributed by atoms with Crippen molar-refractivity contribution < 1.29 is 21.6 Å². The minimum atomic E-state index is -4.48. The van der Waals surface area contributed by atoms with E-state index < -0.39 is 28.4 Å². The lowest BCUT2D eigenvalue weighted by Crippen LogP contribution is -2.49. The number of hydrogen-bond donors (Lipinski definition) is 0. The Balaban J connectivity index is 1.55. The van der Waals surface area contributed by atoms with Gasteiger partial charge in [-0.05, 0) is 17.7 Å². The molecule has 0 radical (unpaired) electrons. The Morgan fingerprint density at radius 2 is 1.75 bits per heavy atom. The summed E-state index contributed by atoms with van der Waals surface area (Å²) in [7, 11) is -3.92. The molecule has 1 aromatic carbocycles. The Morgan fingerprint density at radius 1 is 1.11 bits per heavy atom. The zero-order chi connectivity index (χ0) is 20.4. The van der Waals surface area contributed by atoms with Crippen molar-refractivity contribution in [3.8, 4) is 0 Å². The Hall–Kier alpha value is -1.43. The maximum atomic E-state index is 12.3. The highest BCUT2D eigenvalue weighted by atomic mass is 35.5. The summed E-state index contributed by atoms with van der Waals surface area (Å²) in [5, 5.41) is 1.33. The monoisotopic (exact) mass is 454 g/mol. The summed E-state index contributed by atoms with van der Waals surface area (Å²) in [6, 6.07) is 7.38. The molecule has 28 heavy (non-hydrogen) atoms. The molecule has 0 atom stereocenters. The van der Waals surface area contributed by atoms with Crippen LogP contribution in [0.2, 0.25) is 5.02 Å². The van der Waals surface area contributed by atoms with Gasteiger partial charge in [0.15, 0.2) is 0 Å². The van der Waals surface area contributed by atoms with E-state index in [4.69, 9.17) is 11.6 Å². The van der Waals surface area contributed by atoms with Crippen LogP contribution in [0.3, 0.4) is 0 Å². The number of hydrogen-bond acceptors (Lipinski definition) is 6. The van der Waals surface area contributed by atoms with Gasteiger partial charge in [-0.2, -0.15) is 21.9 Å². The molecule has 0 amide bonds. The lowest BCUT2D eigenvalue weighted by molar-refractivity contribution is -0.130. The normalized spacial score (nSPS) is 16.5. The quantitative estimate of drug-likeness (QED) is 0.670. The smallest absolute Gasteiger partial charge is 0.344 e. The lowest BCUT2D eigenvalue weighted by atomic mass is 10.1. The third-order valence-electron chi connectivity index (χ3n) is 4.28. The number of sulfonamides is 1. The third kappa shape index (κ3) is 5.79. The van der Waals surface area contributed by atoms with Crippen LogP contribution in [-0.4, -0.2) is 60.2 Å². The van der Waals surface area contributed by atoms with Crippen molar-refractivity contribution >= 4 is 38.3 Å². The van der Waals surface area contributed by atoms with Crippen molar-refractivity contribution in [2.75, 3.05) is 36.8 Å². The summed E-state index contributed by atoms with van der Waals surface area (Å²) in [6.07, 6.45) is -5.26. The zero-order valence-corrected chi connectivity index (χ0v) is 17.1. The van der Waals surface area contributed by atoms with Crippen LogP contribution in [0.1, 0.15) is 17.8 Å². The van der Waals surface area contributed by atoms with Crippen LogP contribution < -0.4 is 4.90 Å². The van der Waals surface area contributed by atoms with E-state index in [1.807, 2.05) is 17.0 Å². The molecule has 0 unspecified atom stereocenters. The molecule has 1 saturated heterocycles. The van der Waals surface area contributed by atoms with E-state index >= 15 is 0 Å². The van der Waals surface area contributed by atoms with E-state index in [1.54, 1.807) is 12.1 Å². The van der Waals surface area contributed by atoms with E-state index in [-0.39, 0.29) is 13.1 Å². The van der Waals surface area contributed by atoms with Crippen LogP contribution >= 0.6 is 23.1 Å². The SMILES string of the molecule is O=S(=O)(CCC(F)(F)F)N1CCN(c2nc(Cc3ccc(Cl)cc3)ns2)CC1. The number of rotatable bonds is 6. The van der Waals surface area contributed by atoms with Crippen LogP contribution in [0.25, 0.3) is 0 Å². The summed E-state index contributed by atoms with van der Waals surface area (Å²) in [5.74, 6) is -0.261. The molecule has 154 valence electrons. The first kappa shape index (κ1) is 21.3. The predicted octanol–water partition coefficient (Wildman–Crippen LogP) is 3.19. The average molecular weight is 455 g/mol. The van der Waals surface area contributed by atoms with Crippen molar-refractivity contribution in [3.63, 3.8) is 0 Å². The largest absolute Gasteiger partial charge is 0.390 e. The number of piperazine rings is 1. The predicted molar refractivity (Wildman–Crippen MR) is 102 cm³/mol.